The minimum atomic E-state index is -1.34. The molecule has 0 bridgehead atoms. The summed E-state index contributed by atoms with van der Waals surface area (Å²) in [5.74, 6) is -0.851. The average Bonchev–Trinajstić information content (AvgIpc) is 2.63. The maximum atomic E-state index is 12.2. The number of halogens is 1. The molecule has 2 unspecified atom stereocenters. The highest BCUT2D eigenvalue weighted by Gasteiger charge is 2.45. The Hall–Kier alpha value is -1.78. The van der Waals surface area contributed by atoms with Gasteiger partial charge in [0.15, 0.2) is 0 Å². The smallest absolute Gasteiger partial charge is 0.345 e. The molecule has 1 aliphatic rings. The zero-order valence-electron chi connectivity index (χ0n) is 16.1. The molecule has 0 radical (unpaired) electrons. The second-order valence-electron chi connectivity index (χ2n) is 7.22. The van der Waals surface area contributed by atoms with E-state index >= 15 is 0 Å². The number of nitro benzene ring substituents is 1. The molecule has 1 heterocycles. The number of non-ortho nitro benzene ring substituents is 1. The van der Waals surface area contributed by atoms with Crippen molar-refractivity contribution in [2.45, 2.75) is 49.4 Å². The molecule has 0 N–H and O–H groups in total. The lowest BCUT2D eigenvalue weighted by Crippen LogP contribution is -2.57. The first-order valence-corrected chi connectivity index (χ1v) is 11.0. The van der Waals surface area contributed by atoms with Gasteiger partial charge in [0.05, 0.1) is 22.5 Å². The first-order chi connectivity index (χ1) is 13.5. The molecule has 1 aromatic rings. The van der Waals surface area contributed by atoms with Gasteiger partial charge in [0.1, 0.15) is 6.61 Å². The number of hydrogen-bond donors (Lipinski definition) is 0. The maximum Gasteiger partial charge on any atom is 0.345 e. The van der Waals surface area contributed by atoms with Gasteiger partial charge in [-0.1, -0.05) is 44.1 Å². The van der Waals surface area contributed by atoms with E-state index in [-0.39, 0.29) is 34.5 Å². The van der Waals surface area contributed by atoms with E-state index in [4.69, 9.17) is 16.3 Å². The summed E-state index contributed by atoms with van der Waals surface area (Å²) < 4.78 is 5.05. The van der Waals surface area contributed by atoms with Crippen LogP contribution in [0.25, 0.3) is 0 Å². The molecule has 8 nitrogen and oxygen atoms in total. The van der Waals surface area contributed by atoms with E-state index in [1.807, 2.05) is 20.8 Å². The summed E-state index contributed by atoms with van der Waals surface area (Å²) in [6.45, 7) is 5.88. The molecule has 2 rings (SSSR count). The predicted octanol–water partition coefficient (Wildman–Crippen LogP) is 3.55. The molecule has 0 aromatic heterocycles. The van der Waals surface area contributed by atoms with Crippen molar-refractivity contribution in [2.75, 3.05) is 5.75 Å². The zero-order chi connectivity index (χ0) is 21.8. The number of carbonyl (C=O) groups excluding carboxylic acids is 3. The van der Waals surface area contributed by atoms with Crippen molar-refractivity contribution in [1.82, 2.24) is 4.90 Å². The molecule has 0 aliphatic carbocycles. The number of hydrogen-bond acceptors (Lipinski definition) is 8. The Morgan fingerprint density at radius 2 is 1.97 bits per heavy atom. The van der Waals surface area contributed by atoms with Crippen LogP contribution in [0.15, 0.2) is 24.3 Å². The Balaban J connectivity index is 1.86. The molecule has 1 saturated heterocycles. The van der Waals surface area contributed by atoms with Crippen molar-refractivity contribution in [2.24, 2.45) is 0 Å². The summed E-state index contributed by atoms with van der Waals surface area (Å²) in [5.41, 5.74) is -0.867. The standard InChI is InChI=1S/C18H21ClN2O6S2/c1-18(2,3)28-10-15(23)29-14-8-13(22)20(14)16(19)17(24)27-9-11-4-6-12(7-5-11)21(25)26/h4-7,14,16H,8-10H2,1-3H3. The Morgan fingerprint density at radius 1 is 1.34 bits per heavy atom. The van der Waals surface area contributed by atoms with Gasteiger partial charge in [-0.15, -0.1) is 11.8 Å². The molecule has 1 aromatic carbocycles. The lowest BCUT2D eigenvalue weighted by atomic mass is 10.2. The number of rotatable bonds is 8. The quantitative estimate of drug-likeness (QED) is 0.145. The fourth-order valence-corrected chi connectivity index (χ4v) is 4.54. The second-order valence-corrected chi connectivity index (χ2v) is 10.7. The summed E-state index contributed by atoms with van der Waals surface area (Å²) >= 11 is 8.60. The number of carbonyl (C=O) groups is 3. The first-order valence-electron chi connectivity index (χ1n) is 8.66. The van der Waals surface area contributed by atoms with Crippen LogP contribution in [0.2, 0.25) is 0 Å². The van der Waals surface area contributed by atoms with E-state index in [1.165, 1.54) is 36.0 Å². The fraction of sp³-hybridized carbons (Fsp3) is 0.500. The Morgan fingerprint density at radius 3 is 2.48 bits per heavy atom. The number of likely N-dealkylation sites (tertiary alicyclic amines) is 1. The molecule has 0 saturated carbocycles. The number of alkyl halides is 1. The van der Waals surface area contributed by atoms with Crippen LogP contribution in [0.4, 0.5) is 5.69 Å². The summed E-state index contributed by atoms with van der Waals surface area (Å²) in [4.78, 5) is 47.5. The largest absolute Gasteiger partial charge is 0.458 e. The van der Waals surface area contributed by atoms with Crippen molar-refractivity contribution in [3.05, 3.63) is 39.9 Å². The molecule has 2 atom stereocenters. The molecular formula is C18H21ClN2O6S2. The van der Waals surface area contributed by atoms with Gasteiger partial charge in [-0.25, -0.2) is 4.79 Å². The SMILES string of the molecule is CC(C)(C)SCC(=O)SC1CC(=O)N1C(Cl)C(=O)OCc1ccc([N+](=O)[O-])cc1. The highest BCUT2D eigenvalue weighted by atomic mass is 35.5. The Labute approximate surface area is 181 Å². The highest BCUT2D eigenvalue weighted by molar-refractivity contribution is 8.16. The number of β-lactam (4-membered cyclic amide) rings is 1. The van der Waals surface area contributed by atoms with Crippen molar-refractivity contribution in [3.8, 4) is 0 Å². The average molecular weight is 461 g/mol. The van der Waals surface area contributed by atoms with Gasteiger partial charge in [0, 0.05) is 16.9 Å². The van der Waals surface area contributed by atoms with Crippen LogP contribution < -0.4 is 0 Å². The predicted molar refractivity (Wildman–Crippen MR) is 113 cm³/mol. The van der Waals surface area contributed by atoms with Crippen LogP contribution in [0.1, 0.15) is 32.8 Å². The Bertz CT molecular complexity index is 797. The summed E-state index contributed by atoms with van der Waals surface area (Å²) in [5, 5.41) is 10.1. The third kappa shape index (κ3) is 6.90. The monoisotopic (exact) mass is 460 g/mol. The molecule has 0 spiro atoms. The molecule has 158 valence electrons. The number of thioether (sulfide) groups is 2. The minimum Gasteiger partial charge on any atom is -0.458 e. The number of benzene rings is 1. The molecule has 29 heavy (non-hydrogen) atoms. The van der Waals surface area contributed by atoms with E-state index < -0.39 is 21.8 Å². The number of amides is 1. The van der Waals surface area contributed by atoms with Crippen LogP contribution in [0, 0.1) is 10.1 Å². The van der Waals surface area contributed by atoms with E-state index in [2.05, 4.69) is 0 Å². The third-order valence-electron chi connectivity index (χ3n) is 3.80. The van der Waals surface area contributed by atoms with E-state index in [0.29, 0.717) is 11.3 Å². The topological polar surface area (TPSA) is 107 Å². The second kappa shape index (κ2) is 9.82. The Kier molecular flexibility index (Phi) is 7.95. The van der Waals surface area contributed by atoms with Gasteiger partial charge in [-0.05, 0) is 17.7 Å². The number of nitrogens with zero attached hydrogens (tertiary/aromatic N) is 2. The van der Waals surface area contributed by atoms with Crippen molar-refractivity contribution in [3.63, 3.8) is 0 Å². The van der Waals surface area contributed by atoms with E-state index in [1.54, 1.807) is 0 Å². The van der Waals surface area contributed by atoms with Crippen molar-refractivity contribution >= 4 is 57.8 Å². The van der Waals surface area contributed by atoms with Crippen molar-refractivity contribution in [1.29, 1.82) is 0 Å². The van der Waals surface area contributed by atoms with Crippen LogP contribution >= 0.6 is 35.1 Å². The van der Waals surface area contributed by atoms with Gasteiger partial charge in [-0.3, -0.25) is 19.7 Å². The zero-order valence-corrected chi connectivity index (χ0v) is 18.5. The van der Waals surface area contributed by atoms with Crippen LogP contribution in [0.3, 0.4) is 0 Å². The fourth-order valence-electron chi connectivity index (χ4n) is 2.28. The highest BCUT2D eigenvalue weighted by Crippen LogP contribution is 2.35. The van der Waals surface area contributed by atoms with Gasteiger partial charge in [-0.2, -0.15) is 0 Å². The maximum absolute atomic E-state index is 12.2. The molecule has 1 fully saturated rings. The minimum absolute atomic E-state index is 0.0535. The summed E-state index contributed by atoms with van der Waals surface area (Å²) in [6, 6.07) is 5.53. The third-order valence-corrected chi connectivity index (χ3v) is 6.72. The van der Waals surface area contributed by atoms with Gasteiger partial charge < -0.3 is 9.64 Å². The van der Waals surface area contributed by atoms with Crippen LogP contribution in [-0.2, 0) is 25.7 Å². The van der Waals surface area contributed by atoms with Gasteiger partial charge in [0.2, 0.25) is 16.5 Å². The summed E-state index contributed by atoms with van der Waals surface area (Å²) in [6.07, 6.45) is 0.134. The molecule has 11 heteroatoms. The lowest BCUT2D eigenvalue weighted by molar-refractivity contribution is -0.384. The van der Waals surface area contributed by atoms with Gasteiger partial charge in [0.25, 0.3) is 5.69 Å². The number of ether oxygens (including phenoxy) is 1. The van der Waals surface area contributed by atoms with Gasteiger partial charge >= 0.3 is 5.97 Å². The first kappa shape index (κ1) is 23.5. The normalized spacial score (nSPS) is 17.4. The molecular weight excluding hydrogens is 440 g/mol. The van der Waals surface area contributed by atoms with Crippen molar-refractivity contribution < 1.29 is 24.0 Å². The van der Waals surface area contributed by atoms with E-state index in [9.17, 15) is 24.5 Å². The number of nitro groups is 1. The number of esters is 1. The lowest BCUT2D eigenvalue weighted by Gasteiger charge is -2.41. The molecule has 1 aliphatic heterocycles. The van der Waals surface area contributed by atoms with E-state index in [0.717, 1.165) is 16.7 Å². The van der Waals surface area contributed by atoms with Crippen LogP contribution in [-0.4, -0.2) is 48.2 Å². The summed E-state index contributed by atoms with van der Waals surface area (Å²) in [7, 11) is 0. The van der Waals surface area contributed by atoms with Crippen LogP contribution in [0.5, 0.6) is 0 Å². The molecule has 1 amide bonds.